The van der Waals surface area contributed by atoms with Gasteiger partial charge < -0.3 is 0 Å². The van der Waals surface area contributed by atoms with E-state index in [2.05, 4.69) is 33.0 Å². The summed E-state index contributed by atoms with van der Waals surface area (Å²) in [5, 5.41) is 0.814. The van der Waals surface area contributed by atoms with Crippen molar-refractivity contribution in [3.8, 4) is 0 Å². The molecule has 2 rings (SSSR count). The largest absolute Gasteiger partial charge is 0.298 e. The predicted octanol–water partition coefficient (Wildman–Crippen LogP) is 3.03. The highest BCUT2D eigenvalue weighted by atomic mass is 127. The second kappa shape index (κ2) is 6.47. The lowest BCUT2D eigenvalue weighted by Crippen LogP contribution is -2.25. The van der Waals surface area contributed by atoms with E-state index in [9.17, 15) is 4.79 Å². The van der Waals surface area contributed by atoms with Crippen molar-refractivity contribution in [1.82, 2.24) is 9.55 Å². The zero-order valence-electron chi connectivity index (χ0n) is 9.59. The molecule has 0 saturated heterocycles. The van der Waals surface area contributed by atoms with Crippen LogP contribution < -0.4 is 5.56 Å². The Hall–Kier alpha value is -0.690. The summed E-state index contributed by atoms with van der Waals surface area (Å²) in [7, 11) is 0. The summed E-state index contributed by atoms with van der Waals surface area (Å²) >= 11 is 5.53. The average Bonchev–Trinajstić information content (AvgIpc) is 2.41. The van der Waals surface area contributed by atoms with Crippen molar-refractivity contribution in [2.45, 2.75) is 12.5 Å². The van der Waals surface area contributed by atoms with Crippen LogP contribution in [-0.2, 0) is 6.54 Å². The van der Waals surface area contributed by atoms with Crippen molar-refractivity contribution in [3.05, 3.63) is 62.3 Å². The SMILES string of the molecule is O=c1c(I)cncn1CC(CBr)c1ccccc1. The number of aromatic nitrogens is 2. The minimum atomic E-state index is 0.0208. The monoisotopic (exact) mass is 418 g/mol. The van der Waals surface area contributed by atoms with E-state index in [0.717, 1.165) is 5.33 Å². The van der Waals surface area contributed by atoms with Gasteiger partial charge >= 0.3 is 0 Å². The predicted molar refractivity (Wildman–Crippen MR) is 84.2 cm³/mol. The van der Waals surface area contributed by atoms with Crippen molar-refractivity contribution in [3.63, 3.8) is 0 Å². The number of hydrogen-bond donors (Lipinski definition) is 0. The molecule has 0 N–H and O–H groups in total. The molecule has 0 fully saturated rings. The first-order chi connectivity index (χ1) is 8.72. The lowest BCUT2D eigenvalue weighted by molar-refractivity contribution is 0.577. The van der Waals surface area contributed by atoms with Gasteiger partial charge in [-0.1, -0.05) is 46.3 Å². The molecular formula is C13H12BrIN2O. The van der Waals surface area contributed by atoms with Crippen LogP contribution in [0.4, 0.5) is 0 Å². The Morgan fingerprint density at radius 2 is 2.06 bits per heavy atom. The van der Waals surface area contributed by atoms with Crippen molar-refractivity contribution in [2.75, 3.05) is 5.33 Å². The molecule has 1 aromatic heterocycles. The van der Waals surface area contributed by atoms with Gasteiger partial charge in [-0.2, -0.15) is 0 Å². The Kier molecular flexibility index (Phi) is 4.94. The third-order valence-corrected chi connectivity index (χ3v) is 4.25. The van der Waals surface area contributed by atoms with E-state index in [4.69, 9.17) is 0 Å². The van der Waals surface area contributed by atoms with Gasteiger partial charge in [-0.15, -0.1) is 0 Å². The topological polar surface area (TPSA) is 34.9 Å². The summed E-state index contributed by atoms with van der Waals surface area (Å²) < 4.78 is 2.32. The second-order valence-electron chi connectivity index (χ2n) is 3.96. The number of alkyl halides is 1. The fraction of sp³-hybridized carbons (Fsp3) is 0.231. The molecule has 2 aromatic rings. The van der Waals surface area contributed by atoms with Gasteiger partial charge in [-0.3, -0.25) is 9.36 Å². The van der Waals surface area contributed by atoms with Gasteiger partial charge in [0.05, 0.1) is 9.90 Å². The van der Waals surface area contributed by atoms with Crippen LogP contribution in [-0.4, -0.2) is 14.9 Å². The first-order valence-corrected chi connectivity index (χ1v) is 7.73. The fourth-order valence-corrected chi connectivity index (χ4v) is 2.81. The quantitative estimate of drug-likeness (QED) is 0.565. The molecule has 0 spiro atoms. The average molecular weight is 419 g/mol. The molecule has 0 aliphatic heterocycles. The van der Waals surface area contributed by atoms with Crippen LogP contribution in [0.15, 0.2) is 47.7 Å². The van der Waals surface area contributed by atoms with Crippen LogP contribution in [0.25, 0.3) is 0 Å². The van der Waals surface area contributed by atoms with Crippen molar-refractivity contribution < 1.29 is 0 Å². The first kappa shape index (κ1) is 13.7. The van der Waals surface area contributed by atoms with E-state index >= 15 is 0 Å². The third kappa shape index (κ3) is 3.20. The van der Waals surface area contributed by atoms with Gasteiger partial charge in [-0.25, -0.2) is 4.98 Å². The Morgan fingerprint density at radius 1 is 1.33 bits per heavy atom. The molecule has 3 nitrogen and oxygen atoms in total. The summed E-state index contributed by atoms with van der Waals surface area (Å²) in [6.07, 6.45) is 3.19. The highest BCUT2D eigenvalue weighted by Crippen LogP contribution is 2.19. The minimum absolute atomic E-state index is 0.0208. The van der Waals surface area contributed by atoms with Crippen molar-refractivity contribution >= 4 is 38.5 Å². The van der Waals surface area contributed by atoms with Crippen LogP contribution >= 0.6 is 38.5 Å². The maximum atomic E-state index is 12.0. The van der Waals surface area contributed by atoms with Crippen molar-refractivity contribution in [2.24, 2.45) is 0 Å². The smallest absolute Gasteiger partial charge is 0.266 e. The highest BCUT2D eigenvalue weighted by Gasteiger charge is 2.12. The molecule has 1 atom stereocenters. The Bertz CT molecular complexity index is 571. The van der Waals surface area contributed by atoms with Gasteiger partial charge in [0.15, 0.2) is 0 Å². The van der Waals surface area contributed by atoms with Gasteiger partial charge in [0, 0.05) is 24.0 Å². The molecule has 0 radical (unpaired) electrons. The highest BCUT2D eigenvalue weighted by molar-refractivity contribution is 14.1. The molecular weight excluding hydrogens is 407 g/mol. The molecule has 1 aromatic carbocycles. The van der Waals surface area contributed by atoms with Crippen LogP contribution in [0.5, 0.6) is 0 Å². The molecule has 0 amide bonds. The third-order valence-electron chi connectivity index (χ3n) is 2.73. The number of benzene rings is 1. The van der Waals surface area contributed by atoms with E-state index < -0.39 is 0 Å². The minimum Gasteiger partial charge on any atom is -0.298 e. The molecule has 0 aliphatic carbocycles. The second-order valence-corrected chi connectivity index (χ2v) is 5.77. The zero-order valence-corrected chi connectivity index (χ0v) is 13.3. The summed E-state index contributed by atoms with van der Waals surface area (Å²) in [6, 6.07) is 10.2. The number of rotatable bonds is 4. The van der Waals surface area contributed by atoms with E-state index in [1.165, 1.54) is 5.56 Å². The Balaban J connectivity index is 2.27. The first-order valence-electron chi connectivity index (χ1n) is 5.53. The summed E-state index contributed by atoms with van der Waals surface area (Å²) in [4.78, 5) is 16.0. The van der Waals surface area contributed by atoms with Crippen LogP contribution in [0, 0.1) is 3.57 Å². The molecule has 1 unspecified atom stereocenters. The van der Waals surface area contributed by atoms with Gasteiger partial charge in [0.25, 0.3) is 5.56 Å². The maximum Gasteiger partial charge on any atom is 0.266 e. The molecule has 0 saturated carbocycles. The molecule has 1 heterocycles. The van der Waals surface area contributed by atoms with Crippen molar-refractivity contribution in [1.29, 1.82) is 0 Å². The molecule has 94 valence electrons. The van der Waals surface area contributed by atoms with E-state index in [0.29, 0.717) is 10.1 Å². The summed E-state index contributed by atoms with van der Waals surface area (Å²) in [5.74, 6) is 0.267. The number of hydrogen-bond acceptors (Lipinski definition) is 2. The standard InChI is InChI=1S/C13H12BrIN2O/c14-6-11(10-4-2-1-3-5-10)8-17-9-16-7-12(15)13(17)18/h1-5,7,9,11H,6,8H2. The maximum absolute atomic E-state index is 12.0. The Labute approximate surface area is 128 Å². The normalized spacial score (nSPS) is 12.3. The Morgan fingerprint density at radius 3 is 2.72 bits per heavy atom. The van der Waals surface area contributed by atoms with Crippen LogP contribution in [0.2, 0.25) is 0 Å². The van der Waals surface area contributed by atoms with Gasteiger partial charge in [0.1, 0.15) is 0 Å². The van der Waals surface area contributed by atoms with E-state index in [1.54, 1.807) is 17.1 Å². The van der Waals surface area contributed by atoms with Crippen LogP contribution in [0.1, 0.15) is 11.5 Å². The lowest BCUT2D eigenvalue weighted by Gasteiger charge is -2.15. The molecule has 18 heavy (non-hydrogen) atoms. The van der Waals surface area contributed by atoms with Gasteiger partial charge in [0.2, 0.25) is 0 Å². The van der Waals surface area contributed by atoms with E-state index in [-0.39, 0.29) is 11.5 Å². The molecule has 5 heteroatoms. The number of nitrogens with zero attached hydrogens (tertiary/aromatic N) is 2. The van der Waals surface area contributed by atoms with E-state index in [1.807, 2.05) is 40.8 Å². The summed E-state index contributed by atoms with van der Waals surface area (Å²) in [5.41, 5.74) is 1.24. The zero-order chi connectivity index (χ0) is 13.0. The molecule has 0 bridgehead atoms. The number of halogens is 2. The van der Waals surface area contributed by atoms with Crippen LogP contribution in [0.3, 0.4) is 0 Å². The summed E-state index contributed by atoms with van der Waals surface area (Å²) in [6.45, 7) is 0.637. The fourth-order valence-electron chi connectivity index (χ4n) is 1.76. The van der Waals surface area contributed by atoms with Gasteiger partial charge in [-0.05, 0) is 28.2 Å². The lowest BCUT2D eigenvalue weighted by atomic mass is 10.0. The molecule has 0 aliphatic rings.